The predicted molar refractivity (Wildman–Crippen MR) is 113 cm³/mol. The molecular formula is C22H21N3O2S. The van der Waals surface area contributed by atoms with Crippen molar-refractivity contribution >= 4 is 23.4 Å². The van der Waals surface area contributed by atoms with Gasteiger partial charge in [0.1, 0.15) is 0 Å². The van der Waals surface area contributed by atoms with Crippen molar-refractivity contribution in [1.82, 2.24) is 9.97 Å². The zero-order chi connectivity index (χ0) is 19.5. The lowest BCUT2D eigenvalue weighted by atomic mass is 10.00. The molecule has 4 rings (SSSR count). The Bertz CT molecular complexity index is 1060. The van der Waals surface area contributed by atoms with Gasteiger partial charge in [0, 0.05) is 23.9 Å². The van der Waals surface area contributed by atoms with Crippen LogP contribution in [0.5, 0.6) is 0 Å². The van der Waals surface area contributed by atoms with Crippen molar-refractivity contribution in [2.24, 2.45) is 0 Å². The Hall–Kier alpha value is -2.86. The third-order valence-electron chi connectivity index (χ3n) is 4.78. The first-order valence-electron chi connectivity index (χ1n) is 9.29. The lowest BCUT2D eigenvalue weighted by Gasteiger charge is -2.29. The molecule has 0 bridgehead atoms. The van der Waals surface area contributed by atoms with Crippen molar-refractivity contribution in [3.05, 3.63) is 76.1 Å². The van der Waals surface area contributed by atoms with E-state index in [2.05, 4.69) is 23.0 Å². The van der Waals surface area contributed by atoms with Crippen molar-refractivity contribution in [3.8, 4) is 11.3 Å². The molecule has 1 aliphatic heterocycles. The number of thioether (sulfide) groups is 1. The topological polar surface area (TPSA) is 66.1 Å². The van der Waals surface area contributed by atoms with E-state index < -0.39 is 0 Å². The summed E-state index contributed by atoms with van der Waals surface area (Å²) >= 11 is 1.27. The maximum atomic E-state index is 12.8. The van der Waals surface area contributed by atoms with Crippen LogP contribution in [0.15, 0.2) is 64.5 Å². The molecule has 0 atom stereocenters. The van der Waals surface area contributed by atoms with E-state index >= 15 is 0 Å². The lowest BCUT2D eigenvalue weighted by Crippen LogP contribution is -2.36. The number of amides is 1. The summed E-state index contributed by atoms with van der Waals surface area (Å²) in [5.74, 6) is 0.261. The van der Waals surface area contributed by atoms with Crippen LogP contribution in [0.4, 0.5) is 5.69 Å². The minimum Gasteiger partial charge on any atom is -0.311 e. The second-order valence-corrected chi connectivity index (χ2v) is 7.84. The molecular weight excluding hydrogens is 370 g/mol. The van der Waals surface area contributed by atoms with Crippen LogP contribution in [-0.4, -0.2) is 28.2 Å². The molecule has 6 heteroatoms. The summed E-state index contributed by atoms with van der Waals surface area (Å²) in [6, 6.07) is 17.3. The monoisotopic (exact) mass is 391 g/mol. The zero-order valence-electron chi connectivity index (χ0n) is 15.6. The van der Waals surface area contributed by atoms with Crippen LogP contribution in [0.3, 0.4) is 0 Å². The van der Waals surface area contributed by atoms with Gasteiger partial charge in [0.25, 0.3) is 5.56 Å². The van der Waals surface area contributed by atoms with Crippen LogP contribution in [0, 0.1) is 6.92 Å². The fourth-order valence-corrected chi connectivity index (χ4v) is 4.21. The van der Waals surface area contributed by atoms with Gasteiger partial charge in [-0.2, -0.15) is 0 Å². The Labute approximate surface area is 167 Å². The third-order valence-corrected chi connectivity index (χ3v) is 5.63. The van der Waals surface area contributed by atoms with Gasteiger partial charge in [0.2, 0.25) is 5.91 Å². The van der Waals surface area contributed by atoms with E-state index in [-0.39, 0.29) is 17.2 Å². The maximum absolute atomic E-state index is 12.8. The molecule has 1 aliphatic rings. The molecule has 0 spiro atoms. The van der Waals surface area contributed by atoms with Gasteiger partial charge in [-0.05, 0) is 31.4 Å². The number of carbonyl (C=O) groups excluding carboxylic acids is 1. The average molecular weight is 391 g/mol. The summed E-state index contributed by atoms with van der Waals surface area (Å²) in [4.78, 5) is 34.0. The first-order valence-corrected chi connectivity index (χ1v) is 10.3. The summed E-state index contributed by atoms with van der Waals surface area (Å²) in [5.41, 5.74) is 4.70. The van der Waals surface area contributed by atoms with Gasteiger partial charge in [-0.1, -0.05) is 59.8 Å². The van der Waals surface area contributed by atoms with Crippen molar-refractivity contribution in [2.45, 2.75) is 24.9 Å². The van der Waals surface area contributed by atoms with Gasteiger partial charge >= 0.3 is 0 Å². The number of nitrogens with one attached hydrogen (secondary N) is 1. The van der Waals surface area contributed by atoms with Crippen molar-refractivity contribution < 1.29 is 4.79 Å². The Morgan fingerprint density at radius 1 is 1.18 bits per heavy atom. The van der Waals surface area contributed by atoms with E-state index in [0.717, 1.165) is 30.6 Å². The highest BCUT2D eigenvalue weighted by Crippen LogP contribution is 2.29. The van der Waals surface area contributed by atoms with Crippen LogP contribution in [0.25, 0.3) is 11.3 Å². The Kier molecular flexibility index (Phi) is 5.30. The molecule has 1 aromatic heterocycles. The summed E-state index contributed by atoms with van der Waals surface area (Å²) in [6.07, 6.45) is 1.97. The van der Waals surface area contributed by atoms with Crippen LogP contribution in [-0.2, 0) is 11.2 Å². The fourth-order valence-electron chi connectivity index (χ4n) is 3.45. The molecule has 0 fully saturated rings. The summed E-state index contributed by atoms with van der Waals surface area (Å²) in [6.45, 7) is 2.79. The predicted octanol–water partition coefficient (Wildman–Crippen LogP) is 3.82. The number of rotatable bonds is 4. The highest BCUT2D eigenvalue weighted by atomic mass is 32.2. The number of fused-ring (bicyclic) bond motifs is 1. The lowest BCUT2D eigenvalue weighted by molar-refractivity contribution is -0.116. The second-order valence-electron chi connectivity index (χ2n) is 6.87. The minimum atomic E-state index is -0.220. The molecule has 0 unspecified atom stereocenters. The number of hydrogen-bond acceptors (Lipinski definition) is 4. The van der Waals surface area contributed by atoms with E-state index in [0.29, 0.717) is 10.9 Å². The Balaban J connectivity index is 1.51. The maximum Gasteiger partial charge on any atom is 0.252 e. The fraction of sp³-hybridized carbons (Fsp3) is 0.227. The van der Waals surface area contributed by atoms with Gasteiger partial charge in [-0.25, -0.2) is 4.98 Å². The first-order chi connectivity index (χ1) is 13.6. The minimum absolute atomic E-state index is 0.0302. The van der Waals surface area contributed by atoms with E-state index in [1.165, 1.54) is 29.0 Å². The van der Waals surface area contributed by atoms with Crippen molar-refractivity contribution in [3.63, 3.8) is 0 Å². The number of benzene rings is 2. The number of aryl methyl sites for hydroxylation is 2. The summed E-state index contributed by atoms with van der Waals surface area (Å²) in [5, 5.41) is 0.459. The quantitative estimate of drug-likeness (QED) is 0.542. The molecule has 142 valence electrons. The molecule has 1 amide bonds. The molecule has 28 heavy (non-hydrogen) atoms. The molecule has 2 aromatic carbocycles. The molecule has 0 saturated heterocycles. The highest BCUT2D eigenvalue weighted by Gasteiger charge is 2.22. The third kappa shape index (κ3) is 4.02. The smallest absolute Gasteiger partial charge is 0.252 e. The van der Waals surface area contributed by atoms with Crippen LogP contribution < -0.4 is 10.5 Å². The molecule has 1 N–H and O–H groups in total. The molecule has 0 saturated carbocycles. The summed E-state index contributed by atoms with van der Waals surface area (Å²) in [7, 11) is 0. The molecule has 0 aliphatic carbocycles. The van der Waals surface area contributed by atoms with Gasteiger partial charge in [-0.3, -0.25) is 9.59 Å². The van der Waals surface area contributed by atoms with E-state index in [9.17, 15) is 9.59 Å². The van der Waals surface area contributed by atoms with Gasteiger partial charge in [-0.15, -0.1) is 0 Å². The number of aromatic nitrogens is 2. The first kappa shape index (κ1) is 18.5. The number of nitrogens with zero attached hydrogens (tertiary/aromatic N) is 2. The number of aromatic amines is 1. The van der Waals surface area contributed by atoms with E-state index in [1.807, 2.05) is 47.4 Å². The van der Waals surface area contributed by atoms with Crippen molar-refractivity contribution in [1.29, 1.82) is 0 Å². The molecule has 2 heterocycles. The number of hydrogen-bond donors (Lipinski definition) is 1. The van der Waals surface area contributed by atoms with Crippen LogP contribution >= 0.6 is 11.8 Å². The van der Waals surface area contributed by atoms with Crippen molar-refractivity contribution in [2.75, 3.05) is 17.2 Å². The second kappa shape index (κ2) is 8.02. The van der Waals surface area contributed by atoms with E-state index in [1.54, 1.807) is 0 Å². The Morgan fingerprint density at radius 2 is 2.00 bits per heavy atom. The zero-order valence-corrected chi connectivity index (χ0v) is 16.5. The van der Waals surface area contributed by atoms with Gasteiger partial charge in [0.15, 0.2) is 5.16 Å². The van der Waals surface area contributed by atoms with Crippen LogP contribution in [0.2, 0.25) is 0 Å². The normalized spacial score (nSPS) is 13.2. The van der Waals surface area contributed by atoms with E-state index in [4.69, 9.17) is 0 Å². The Morgan fingerprint density at radius 3 is 2.82 bits per heavy atom. The molecule has 0 radical (unpaired) electrons. The SMILES string of the molecule is Cc1ccc2c(c1)CCCN2C(=O)CSc1nc(-c2ccccc2)cc(=O)[nH]1. The average Bonchev–Trinajstić information content (AvgIpc) is 2.71. The molecule has 3 aromatic rings. The number of carbonyl (C=O) groups is 1. The van der Waals surface area contributed by atoms with Gasteiger partial charge < -0.3 is 9.88 Å². The van der Waals surface area contributed by atoms with Gasteiger partial charge in [0.05, 0.1) is 11.4 Å². The largest absolute Gasteiger partial charge is 0.311 e. The molecule has 5 nitrogen and oxygen atoms in total. The number of anilines is 1. The number of H-pyrrole nitrogens is 1. The van der Waals surface area contributed by atoms with Crippen LogP contribution in [0.1, 0.15) is 17.5 Å². The highest BCUT2D eigenvalue weighted by molar-refractivity contribution is 7.99. The standard InChI is InChI=1S/C22H21N3O2S/c1-15-9-10-19-17(12-15)8-5-11-25(19)21(27)14-28-22-23-18(13-20(26)24-22)16-6-3-2-4-7-16/h2-4,6-7,9-10,12-13H,5,8,11,14H2,1H3,(H,23,24,26). The summed E-state index contributed by atoms with van der Waals surface area (Å²) < 4.78 is 0.